The zero-order chi connectivity index (χ0) is 9.26. The van der Waals surface area contributed by atoms with Crippen LogP contribution in [0.3, 0.4) is 0 Å². The molecule has 0 bridgehead atoms. The van der Waals surface area contributed by atoms with E-state index in [1.165, 1.54) is 17.7 Å². The van der Waals surface area contributed by atoms with E-state index in [9.17, 15) is 0 Å². The van der Waals surface area contributed by atoms with Crippen LogP contribution in [0.5, 0.6) is 0 Å². The minimum atomic E-state index is 0.547. The van der Waals surface area contributed by atoms with Crippen molar-refractivity contribution in [2.45, 2.75) is 18.9 Å². The van der Waals surface area contributed by atoms with Gasteiger partial charge >= 0.3 is 0 Å². The van der Waals surface area contributed by atoms with E-state index in [0.29, 0.717) is 6.04 Å². The maximum atomic E-state index is 5.92. The lowest BCUT2D eigenvalue weighted by molar-refractivity contribution is 0.692. The van der Waals surface area contributed by atoms with E-state index in [1.54, 1.807) is 0 Å². The lowest BCUT2D eigenvalue weighted by atomic mass is 9.99. The summed E-state index contributed by atoms with van der Waals surface area (Å²) in [7, 11) is 0. The van der Waals surface area contributed by atoms with E-state index in [1.807, 2.05) is 12.1 Å². The molecule has 0 saturated carbocycles. The van der Waals surface area contributed by atoms with Gasteiger partial charge in [0.2, 0.25) is 0 Å². The molecule has 1 atom stereocenters. The molecule has 1 N–H and O–H groups in total. The lowest BCUT2D eigenvalue weighted by Gasteiger charge is -2.25. The molecule has 0 aromatic heterocycles. The first kappa shape index (κ1) is 9.35. The minimum Gasteiger partial charge on any atom is -0.381 e. The van der Waals surface area contributed by atoms with Gasteiger partial charge in [-0.1, -0.05) is 33.6 Å². The van der Waals surface area contributed by atoms with Gasteiger partial charge in [0, 0.05) is 22.1 Å². The Balaban J connectivity index is 2.27. The molecule has 0 unspecified atom stereocenters. The van der Waals surface area contributed by atoms with Gasteiger partial charge in [-0.3, -0.25) is 0 Å². The SMILES string of the molecule is Clc1ccc2c(c1)N[C@@H](CBr)CC2. The molecule has 0 spiro atoms. The number of anilines is 1. The Morgan fingerprint density at radius 2 is 2.38 bits per heavy atom. The fourth-order valence-corrected chi connectivity index (χ4v) is 2.30. The molecule has 1 aliphatic rings. The van der Waals surface area contributed by atoms with Crippen LogP contribution in [0.1, 0.15) is 12.0 Å². The molecule has 1 aromatic rings. The van der Waals surface area contributed by atoms with Crippen molar-refractivity contribution < 1.29 is 0 Å². The van der Waals surface area contributed by atoms with Gasteiger partial charge in [-0.15, -0.1) is 0 Å². The average molecular weight is 261 g/mol. The second-order valence-corrected chi connectivity index (χ2v) is 4.42. The van der Waals surface area contributed by atoms with Crippen LogP contribution in [-0.2, 0) is 6.42 Å². The maximum absolute atomic E-state index is 5.92. The molecule has 1 heterocycles. The fraction of sp³-hybridized carbons (Fsp3) is 0.400. The Bertz CT molecular complexity index is 314. The summed E-state index contributed by atoms with van der Waals surface area (Å²) in [6, 6.07) is 6.61. The molecular formula is C10H11BrClN. The van der Waals surface area contributed by atoms with E-state index >= 15 is 0 Å². The van der Waals surface area contributed by atoms with Crippen LogP contribution in [0.4, 0.5) is 5.69 Å². The summed E-state index contributed by atoms with van der Waals surface area (Å²) in [5.41, 5.74) is 2.57. The van der Waals surface area contributed by atoms with Gasteiger partial charge in [0.1, 0.15) is 0 Å². The largest absolute Gasteiger partial charge is 0.381 e. The third-order valence-electron chi connectivity index (χ3n) is 2.38. The van der Waals surface area contributed by atoms with Crippen molar-refractivity contribution >= 4 is 33.2 Å². The smallest absolute Gasteiger partial charge is 0.0426 e. The van der Waals surface area contributed by atoms with Crippen LogP contribution in [0.2, 0.25) is 5.02 Å². The van der Waals surface area contributed by atoms with Gasteiger partial charge in [0.15, 0.2) is 0 Å². The molecule has 70 valence electrons. The second-order valence-electron chi connectivity index (χ2n) is 3.34. The van der Waals surface area contributed by atoms with Gasteiger partial charge in [0.25, 0.3) is 0 Å². The zero-order valence-electron chi connectivity index (χ0n) is 7.19. The van der Waals surface area contributed by atoms with Gasteiger partial charge in [0.05, 0.1) is 0 Å². The highest BCUT2D eigenvalue weighted by atomic mass is 79.9. The highest BCUT2D eigenvalue weighted by Gasteiger charge is 2.16. The molecular weight excluding hydrogens is 249 g/mol. The van der Waals surface area contributed by atoms with Crippen molar-refractivity contribution in [3.8, 4) is 0 Å². The third kappa shape index (κ3) is 2.00. The maximum Gasteiger partial charge on any atom is 0.0426 e. The fourth-order valence-electron chi connectivity index (χ4n) is 1.64. The van der Waals surface area contributed by atoms with E-state index < -0.39 is 0 Å². The summed E-state index contributed by atoms with van der Waals surface area (Å²) in [6.45, 7) is 0. The molecule has 0 aliphatic carbocycles. The van der Waals surface area contributed by atoms with Crippen LogP contribution in [-0.4, -0.2) is 11.4 Å². The molecule has 0 fully saturated rings. The summed E-state index contributed by atoms with van der Waals surface area (Å²) >= 11 is 9.40. The monoisotopic (exact) mass is 259 g/mol. The van der Waals surface area contributed by atoms with Crippen LogP contribution in [0.25, 0.3) is 0 Å². The molecule has 0 saturated heterocycles. The van der Waals surface area contributed by atoms with E-state index in [0.717, 1.165) is 16.8 Å². The van der Waals surface area contributed by atoms with Crippen molar-refractivity contribution in [3.63, 3.8) is 0 Å². The predicted octanol–water partition coefficient (Wildman–Crippen LogP) is 3.46. The number of alkyl halides is 1. The second kappa shape index (κ2) is 3.89. The number of halogens is 2. The van der Waals surface area contributed by atoms with E-state index in [-0.39, 0.29) is 0 Å². The van der Waals surface area contributed by atoms with Gasteiger partial charge in [-0.25, -0.2) is 0 Å². The van der Waals surface area contributed by atoms with Crippen molar-refractivity contribution in [2.24, 2.45) is 0 Å². The first-order valence-corrected chi connectivity index (χ1v) is 5.90. The van der Waals surface area contributed by atoms with Crippen LogP contribution >= 0.6 is 27.5 Å². The molecule has 1 aliphatic heterocycles. The summed E-state index contributed by atoms with van der Waals surface area (Å²) < 4.78 is 0. The molecule has 0 amide bonds. The molecule has 1 nitrogen and oxygen atoms in total. The predicted molar refractivity (Wildman–Crippen MR) is 61.0 cm³/mol. The number of rotatable bonds is 1. The van der Waals surface area contributed by atoms with Gasteiger partial charge in [-0.05, 0) is 30.5 Å². The van der Waals surface area contributed by atoms with E-state index in [4.69, 9.17) is 11.6 Å². The van der Waals surface area contributed by atoms with Gasteiger partial charge in [-0.2, -0.15) is 0 Å². The molecule has 13 heavy (non-hydrogen) atoms. The minimum absolute atomic E-state index is 0.547. The number of fused-ring (bicyclic) bond motifs is 1. The van der Waals surface area contributed by atoms with E-state index in [2.05, 4.69) is 27.3 Å². The van der Waals surface area contributed by atoms with Crippen LogP contribution in [0, 0.1) is 0 Å². The topological polar surface area (TPSA) is 12.0 Å². The summed E-state index contributed by atoms with van der Waals surface area (Å²) in [6.07, 6.45) is 2.34. The normalized spacial score (nSPS) is 20.6. The van der Waals surface area contributed by atoms with Crippen LogP contribution in [0.15, 0.2) is 18.2 Å². The Morgan fingerprint density at radius 3 is 3.15 bits per heavy atom. The summed E-state index contributed by atoms with van der Waals surface area (Å²) in [5, 5.41) is 5.26. The van der Waals surface area contributed by atoms with Crippen molar-refractivity contribution in [2.75, 3.05) is 10.6 Å². The summed E-state index contributed by atoms with van der Waals surface area (Å²) in [4.78, 5) is 0. The lowest BCUT2D eigenvalue weighted by Crippen LogP contribution is -2.26. The Kier molecular flexibility index (Phi) is 2.80. The first-order valence-electron chi connectivity index (χ1n) is 4.40. The summed E-state index contributed by atoms with van der Waals surface area (Å²) in [5.74, 6) is 0. The number of nitrogens with one attached hydrogen (secondary N) is 1. The number of benzene rings is 1. The number of aryl methyl sites for hydroxylation is 1. The van der Waals surface area contributed by atoms with Crippen molar-refractivity contribution in [1.29, 1.82) is 0 Å². The Morgan fingerprint density at radius 1 is 1.54 bits per heavy atom. The average Bonchev–Trinajstić information content (AvgIpc) is 2.16. The number of hydrogen-bond acceptors (Lipinski definition) is 1. The third-order valence-corrected chi connectivity index (χ3v) is 3.40. The Labute approximate surface area is 91.6 Å². The highest BCUT2D eigenvalue weighted by molar-refractivity contribution is 9.09. The standard InChI is InChI=1S/C10H11BrClN/c11-6-9-4-2-7-1-3-8(12)5-10(7)13-9/h1,3,5,9,13H,2,4,6H2/t9-/m1/s1. The van der Waals surface area contributed by atoms with Crippen molar-refractivity contribution in [3.05, 3.63) is 28.8 Å². The van der Waals surface area contributed by atoms with Crippen LogP contribution < -0.4 is 5.32 Å². The van der Waals surface area contributed by atoms with Gasteiger partial charge < -0.3 is 5.32 Å². The number of hydrogen-bond donors (Lipinski definition) is 1. The zero-order valence-corrected chi connectivity index (χ0v) is 9.53. The molecule has 1 aromatic carbocycles. The first-order chi connectivity index (χ1) is 6.29. The highest BCUT2D eigenvalue weighted by Crippen LogP contribution is 2.28. The molecule has 0 radical (unpaired) electrons. The Hall–Kier alpha value is -0.210. The quantitative estimate of drug-likeness (QED) is 0.763. The van der Waals surface area contributed by atoms with Crippen molar-refractivity contribution in [1.82, 2.24) is 0 Å². The molecule has 3 heteroatoms. The molecule has 2 rings (SSSR count).